The summed E-state index contributed by atoms with van der Waals surface area (Å²) in [6, 6.07) is 92.0. The summed E-state index contributed by atoms with van der Waals surface area (Å²) < 4.78 is 7.28. The van der Waals surface area contributed by atoms with Crippen LogP contribution in [-0.2, 0) is 0 Å². The number of nitrogens with zero attached hydrogens (tertiary/aromatic N) is 2. The Labute approximate surface area is 467 Å². The largest absolute Gasteiger partial charge is 0.308 e. The van der Waals surface area contributed by atoms with Gasteiger partial charge in [0.15, 0.2) is 0 Å². The van der Waals surface area contributed by atoms with Crippen LogP contribution in [0.2, 0.25) is 0 Å². The van der Waals surface area contributed by atoms with E-state index in [1.54, 1.807) is 0 Å². The minimum absolute atomic E-state index is 0.875. The van der Waals surface area contributed by atoms with Gasteiger partial charge in [0.2, 0.25) is 0 Å². The van der Waals surface area contributed by atoms with Crippen molar-refractivity contribution in [3.63, 3.8) is 0 Å². The first-order chi connectivity index (χ1) is 37.5. The lowest BCUT2D eigenvalue weighted by molar-refractivity contribution is 1.20. The van der Waals surface area contributed by atoms with Crippen molar-refractivity contribution in [3.05, 3.63) is 267 Å². The van der Waals surface area contributed by atoms with E-state index in [1.165, 1.54) is 111 Å². The molecule has 0 radical (unpaired) electrons. The van der Waals surface area contributed by atoms with E-state index in [4.69, 9.17) is 6.42 Å². The van der Waals surface area contributed by atoms with Crippen molar-refractivity contribution in [3.8, 4) is 52.2 Å². The van der Waals surface area contributed by atoms with Gasteiger partial charge < -0.3 is 4.57 Å². The normalized spacial score (nSPS) is 11.4. The molecule has 16 rings (SSSR count). The molecule has 354 valence electrons. The van der Waals surface area contributed by atoms with Crippen LogP contribution < -0.4 is 0 Å². The van der Waals surface area contributed by atoms with E-state index in [1.807, 2.05) is 36.4 Å². The molecule has 2 aromatic heterocycles. The maximum absolute atomic E-state index is 5.72. The van der Waals surface area contributed by atoms with E-state index >= 15 is 0 Å². The second-order valence-corrected chi connectivity index (χ2v) is 21.4. The third kappa shape index (κ3) is 7.47. The minimum Gasteiger partial charge on any atom is -0.308 e. The molecule has 2 nitrogen and oxygen atoms in total. The van der Waals surface area contributed by atoms with Crippen molar-refractivity contribution in [1.82, 2.24) is 9.13 Å². The second-order valence-electron chi connectivity index (χ2n) is 19.2. The summed E-state index contributed by atoms with van der Waals surface area (Å²) >= 11 is 4.76. The summed E-state index contributed by atoms with van der Waals surface area (Å²) in [6.45, 7) is 0. The van der Waals surface area contributed by atoms with E-state index in [9.17, 15) is 0 Å². The monoisotopic (exact) mass is 1190 g/mol. The molecular weight excluding hydrogens is 1150 g/mol. The molecule has 0 unspecified atom stereocenters. The Kier molecular flexibility index (Phi) is 11.4. The standard InChI is InChI=1S/C36H21N.C26H15N.C10H6I2/c1-2-12-25-22(9-1)19-20-24-21-30-28-15-7-10-23-11-8-16-29(33(23)28)35(30)36(34(24)25)37-31-17-5-3-13-26(31)27-14-4-6-18-32(27)37;1-2-19-9-7-10-20-11-8-12-21(26(19)20)17-18-27-24-15-5-3-13-22(24)23-14-4-6-16-25(23)27;11-9-6-5-7-3-1-2-4-8(7)10(9)12/h1-21H;1,3-16H;1-6H. The number of benzene rings is 13. The van der Waals surface area contributed by atoms with Crippen molar-refractivity contribution in [1.29, 1.82) is 0 Å². The van der Waals surface area contributed by atoms with Crippen LogP contribution in [0.5, 0.6) is 0 Å². The Balaban J connectivity index is 0.000000118. The number of hydrogen-bond donors (Lipinski definition) is 0. The van der Waals surface area contributed by atoms with Crippen LogP contribution in [0, 0.1) is 31.4 Å². The van der Waals surface area contributed by atoms with Gasteiger partial charge in [0.05, 0.1) is 27.8 Å². The van der Waals surface area contributed by atoms with E-state index in [2.05, 4.69) is 285 Å². The molecule has 0 saturated carbocycles. The smallest absolute Gasteiger partial charge is 0.0631 e. The van der Waals surface area contributed by atoms with Gasteiger partial charge in [0.1, 0.15) is 0 Å². The molecule has 0 bridgehead atoms. The van der Waals surface area contributed by atoms with Gasteiger partial charge in [-0.2, -0.15) is 0 Å². The van der Waals surface area contributed by atoms with Crippen LogP contribution in [0.25, 0.3) is 125 Å². The Bertz CT molecular complexity index is 4880. The summed E-state index contributed by atoms with van der Waals surface area (Å²) in [4.78, 5) is 0. The first-order valence-corrected chi connectivity index (χ1v) is 27.5. The molecule has 4 heteroatoms. The van der Waals surface area contributed by atoms with Crippen molar-refractivity contribution in [2.75, 3.05) is 0 Å². The van der Waals surface area contributed by atoms with Crippen LogP contribution in [0.1, 0.15) is 11.1 Å². The van der Waals surface area contributed by atoms with E-state index < -0.39 is 0 Å². The summed E-state index contributed by atoms with van der Waals surface area (Å²) in [5, 5.41) is 17.6. The van der Waals surface area contributed by atoms with Gasteiger partial charge in [-0.3, -0.25) is 4.57 Å². The topological polar surface area (TPSA) is 9.86 Å². The van der Waals surface area contributed by atoms with Gasteiger partial charge in [0, 0.05) is 62.2 Å². The van der Waals surface area contributed by atoms with Crippen molar-refractivity contribution < 1.29 is 0 Å². The summed E-state index contributed by atoms with van der Waals surface area (Å²) in [5.74, 6) is 6.15. The highest BCUT2D eigenvalue weighted by Crippen LogP contribution is 2.54. The summed E-state index contributed by atoms with van der Waals surface area (Å²) in [5.41, 5.74) is 13.1. The lowest BCUT2D eigenvalue weighted by Gasteiger charge is -2.19. The maximum Gasteiger partial charge on any atom is 0.0631 e. The van der Waals surface area contributed by atoms with E-state index in [0.717, 1.165) is 32.9 Å². The predicted octanol–water partition coefficient (Wildman–Crippen LogP) is 19.7. The number of rotatable bonds is 1. The number of hydrogen-bond acceptors (Lipinski definition) is 0. The molecule has 76 heavy (non-hydrogen) atoms. The van der Waals surface area contributed by atoms with Gasteiger partial charge in [-0.15, -0.1) is 6.42 Å². The SMILES string of the molecule is C#Cc1cccc2cccc(C#Cn3c4ccccc4c4ccccc43)c12.Ic1ccc2ccccc2c1I.c1cc2c3c(cccc3c1)-c1c-2cc2ccc3ccccc3c2c1-n1c2ccccc2c2ccccc21. The highest BCUT2D eigenvalue weighted by atomic mass is 127. The average Bonchev–Trinajstić information content (AvgIpc) is 4.12. The fourth-order valence-electron chi connectivity index (χ4n) is 11.7. The van der Waals surface area contributed by atoms with Crippen LogP contribution in [-0.4, -0.2) is 9.13 Å². The summed E-state index contributed by atoms with van der Waals surface area (Å²) in [6.07, 6.45) is 5.72. The fraction of sp³-hybridized carbons (Fsp3) is 0. The minimum atomic E-state index is 0.875. The Morgan fingerprint density at radius 3 is 1.43 bits per heavy atom. The van der Waals surface area contributed by atoms with Crippen LogP contribution >= 0.6 is 45.2 Å². The highest BCUT2D eigenvalue weighted by molar-refractivity contribution is 14.1. The maximum atomic E-state index is 5.72. The molecule has 0 spiro atoms. The molecule has 1 aliphatic rings. The number of halogens is 2. The molecule has 0 fully saturated rings. The number of aromatic nitrogens is 2. The van der Waals surface area contributed by atoms with Crippen molar-refractivity contribution >= 4 is 143 Å². The molecule has 0 aliphatic heterocycles. The third-order valence-corrected chi connectivity index (χ3v) is 18.1. The molecule has 0 saturated heterocycles. The molecule has 1 aliphatic carbocycles. The molecule has 2 heterocycles. The van der Waals surface area contributed by atoms with Gasteiger partial charge in [-0.05, 0) is 159 Å². The molecule has 0 atom stereocenters. The highest BCUT2D eigenvalue weighted by Gasteiger charge is 2.29. The molecule has 0 N–H and O–H groups in total. The lowest BCUT2D eigenvalue weighted by atomic mass is 9.92. The Morgan fingerprint density at radius 2 is 0.803 bits per heavy atom. The van der Waals surface area contributed by atoms with Crippen molar-refractivity contribution in [2.24, 2.45) is 0 Å². The molecule has 13 aromatic carbocycles. The van der Waals surface area contributed by atoms with Crippen LogP contribution in [0.4, 0.5) is 0 Å². The Morgan fingerprint density at radius 1 is 0.342 bits per heavy atom. The Hall–Kier alpha value is -8.66. The van der Waals surface area contributed by atoms with Crippen LogP contribution in [0.3, 0.4) is 0 Å². The first-order valence-electron chi connectivity index (χ1n) is 25.3. The number of fused-ring (bicyclic) bond motifs is 14. The third-order valence-electron chi connectivity index (χ3n) is 15.0. The van der Waals surface area contributed by atoms with E-state index in [0.29, 0.717) is 0 Å². The average molecular weight is 1190 g/mol. The number of terminal acetylenes is 1. The second kappa shape index (κ2) is 18.9. The quantitative estimate of drug-likeness (QED) is 0.0881. The molecule has 0 amide bonds. The molecular formula is C72H42I2N2. The van der Waals surface area contributed by atoms with Gasteiger partial charge in [0.25, 0.3) is 0 Å². The zero-order valence-corrected chi connectivity index (χ0v) is 45.2. The van der Waals surface area contributed by atoms with Gasteiger partial charge in [-0.1, -0.05) is 206 Å². The zero-order chi connectivity index (χ0) is 50.9. The first kappa shape index (κ1) is 45.9. The van der Waals surface area contributed by atoms with Crippen LogP contribution in [0.15, 0.2) is 249 Å². The van der Waals surface area contributed by atoms with E-state index in [-0.39, 0.29) is 0 Å². The van der Waals surface area contributed by atoms with Gasteiger partial charge in [-0.25, -0.2) is 0 Å². The molecule has 15 aromatic rings. The predicted molar refractivity (Wildman–Crippen MR) is 341 cm³/mol. The summed E-state index contributed by atoms with van der Waals surface area (Å²) in [7, 11) is 0. The lowest BCUT2D eigenvalue weighted by Crippen LogP contribution is -2.00. The number of para-hydroxylation sites is 4. The fourth-order valence-corrected chi connectivity index (χ4v) is 12.9. The van der Waals surface area contributed by atoms with Gasteiger partial charge >= 0.3 is 0 Å². The van der Waals surface area contributed by atoms with Crippen molar-refractivity contribution in [2.45, 2.75) is 0 Å². The zero-order valence-electron chi connectivity index (χ0n) is 40.9.